The monoisotopic (exact) mass is 360 g/mol. The fourth-order valence-corrected chi connectivity index (χ4v) is 3.49. The van der Waals surface area contributed by atoms with E-state index in [4.69, 9.17) is 9.16 Å². The zero-order valence-corrected chi connectivity index (χ0v) is 17.7. The molecule has 2 aromatic rings. The zero-order valence-electron chi connectivity index (χ0n) is 16.7. The van der Waals surface area contributed by atoms with Crippen molar-refractivity contribution >= 4 is 8.32 Å². The average Bonchev–Trinajstić information content (AvgIpc) is 2.90. The van der Waals surface area contributed by atoms with Gasteiger partial charge in [-0.3, -0.25) is 0 Å². The number of aromatic nitrogens is 2. The Hall–Kier alpha value is -1.59. The Balaban J connectivity index is 2.09. The van der Waals surface area contributed by atoms with Crippen molar-refractivity contribution in [1.29, 1.82) is 0 Å². The molecule has 0 aliphatic rings. The van der Waals surface area contributed by atoms with Crippen LogP contribution in [0.1, 0.15) is 37.9 Å². The minimum absolute atomic E-state index is 0.213. The van der Waals surface area contributed by atoms with Crippen molar-refractivity contribution in [1.82, 2.24) is 9.55 Å². The topological polar surface area (TPSA) is 36.3 Å². The fourth-order valence-electron chi connectivity index (χ4n) is 2.55. The first kappa shape index (κ1) is 19.7. The predicted octanol–water partition coefficient (Wildman–Crippen LogP) is 4.96. The Morgan fingerprint density at radius 1 is 1.16 bits per heavy atom. The van der Waals surface area contributed by atoms with E-state index in [2.05, 4.69) is 62.5 Å². The number of benzene rings is 1. The zero-order chi connectivity index (χ0) is 18.7. The number of rotatable bonds is 7. The smallest absolute Gasteiger partial charge is 0.192 e. The van der Waals surface area contributed by atoms with Crippen LogP contribution in [0.15, 0.2) is 30.5 Å². The Morgan fingerprint density at radius 2 is 1.84 bits per heavy atom. The molecule has 0 saturated heterocycles. The lowest BCUT2D eigenvalue weighted by molar-refractivity contribution is 0.266. The third kappa shape index (κ3) is 4.73. The molecule has 1 heterocycles. The van der Waals surface area contributed by atoms with Gasteiger partial charge in [0.2, 0.25) is 0 Å². The Kier molecular flexibility index (Phi) is 6.11. The van der Waals surface area contributed by atoms with Crippen LogP contribution < -0.4 is 4.74 Å². The molecule has 0 saturated carbocycles. The molecule has 0 aliphatic heterocycles. The average molecular weight is 361 g/mol. The SMILES string of the molecule is COc1ccccc1CCn1c(CO[Si](C)(C)C(C)(C)C)cnc1C. The number of aryl methyl sites for hydroxylation is 2. The van der Waals surface area contributed by atoms with Gasteiger partial charge < -0.3 is 13.7 Å². The second kappa shape index (κ2) is 7.75. The molecule has 0 aliphatic carbocycles. The van der Waals surface area contributed by atoms with Gasteiger partial charge in [-0.1, -0.05) is 39.0 Å². The summed E-state index contributed by atoms with van der Waals surface area (Å²) in [4.78, 5) is 4.50. The predicted molar refractivity (Wildman–Crippen MR) is 106 cm³/mol. The van der Waals surface area contributed by atoms with Crippen molar-refractivity contribution in [3.05, 3.63) is 47.5 Å². The molecule has 4 nitrogen and oxygen atoms in total. The Labute approximate surface area is 153 Å². The number of ether oxygens (including phenoxy) is 1. The van der Waals surface area contributed by atoms with E-state index in [1.54, 1.807) is 7.11 Å². The van der Waals surface area contributed by atoms with Gasteiger partial charge >= 0.3 is 0 Å². The minimum Gasteiger partial charge on any atom is -0.496 e. The Bertz CT molecular complexity index is 702. The van der Waals surface area contributed by atoms with E-state index >= 15 is 0 Å². The molecular formula is C20H32N2O2Si. The lowest BCUT2D eigenvalue weighted by atomic mass is 10.1. The van der Waals surface area contributed by atoms with Crippen LogP contribution in [0, 0.1) is 6.92 Å². The fraction of sp³-hybridized carbons (Fsp3) is 0.550. The highest BCUT2D eigenvalue weighted by Crippen LogP contribution is 2.37. The van der Waals surface area contributed by atoms with Crippen molar-refractivity contribution in [2.45, 2.75) is 65.4 Å². The van der Waals surface area contributed by atoms with Gasteiger partial charge in [-0.05, 0) is 43.1 Å². The summed E-state index contributed by atoms with van der Waals surface area (Å²) in [6.07, 6.45) is 2.86. The number of hydrogen-bond acceptors (Lipinski definition) is 3. The molecule has 138 valence electrons. The summed E-state index contributed by atoms with van der Waals surface area (Å²) in [5.41, 5.74) is 2.37. The summed E-state index contributed by atoms with van der Waals surface area (Å²) >= 11 is 0. The molecule has 5 heteroatoms. The number of methoxy groups -OCH3 is 1. The van der Waals surface area contributed by atoms with Gasteiger partial charge in [0, 0.05) is 6.54 Å². The highest BCUT2D eigenvalue weighted by atomic mass is 28.4. The number of nitrogens with zero attached hydrogens (tertiary/aromatic N) is 2. The lowest BCUT2D eigenvalue weighted by Crippen LogP contribution is -2.40. The van der Waals surface area contributed by atoms with Crippen LogP contribution in [0.2, 0.25) is 18.1 Å². The maximum Gasteiger partial charge on any atom is 0.192 e. The molecule has 0 radical (unpaired) electrons. The van der Waals surface area contributed by atoms with Crippen LogP contribution in [-0.4, -0.2) is 25.0 Å². The third-order valence-corrected chi connectivity index (χ3v) is 9.80. The van der Waals surface area contributed by atoms with E-state index < -0.39 is 8.32 Å². The summed E-state index contributed by atoms with van der Waals surface area (Å²) in [6.45, 7) is 14.9. The van der Waals surface area contributed by atoms with E-state index in [0.717, 1.165) is 30.2 Å². The summed E-state index contributed by atoms with van der Waals surface area (Å²) in [5, 5.41) is 0.213. The van der Waals surface area contributed by atoms with Crippen molar-refractivity contribution in [2.24, 2.45) is 0 Å². The molecule has 0 atom stereocenters. The van der Waals surface area contributed by atoms with Gasteiger partial charge in [0.05, 0.1) is 25.6 Å². The second-order valence-electron chi connectivity index (χ2n) is 8.06. The highest BCUT2D eigenvalue weighted by molar-refractivity contribution is 6.74. The van der Waals surface area contributed by atoms with Crippen LogP contribution >= 0.6 is 0 Å². The van der Waals surface area contributed by atoms with E-state index in [1.165, 1.54) is 5.56 Å². The first-order valence-corrected chi connectivity index (χ1v) is 11.8. The van der Waals surface area contributed by atoms with E-state index in [-0.39, 0.29) is 5.04 Å². The largest absolute Gasteiger partial charge is 0.496 e. The molecule has 0 N–H and O–H groups in total. The van der Waals surface area contributed by atoms with Gasteiger partial charge in [0.1, 0.15) is 11.6 Å². The molecule has 25 heavy (non-hydrogen) atoms. The summed E-state index contributed by atoms with van der Waals surface area (Å²) in [6, 6.07) is 8.19. The Morgan fingerprint density at radius 3 is 2.48 bits per heavy atom. The van der Waals surface area contributed by atoms with Crippen LogP contribution in [0.4, 0.5) is 0 Å². The standard InChI is InChI=1S/C20H32N2O2Si/c1-16-21-14-18(15-24-25(6,7)20(2,3)4)22(16)13-12-17-10-8-9-11-19(17)23-5/h8-11,14H,12-13,15H2,1-7H3. The van der Waals surface area contributed by atoms with Crippen LogP contribution in [0.5, 0.6) is 5.75 Å². The molecule has 1 aromatic carbocycles. The van der Waals surface area contributed by atoms with Crippen LogP contribution in [0.25, 0.3) is 0 Å². The van der Waals surface area contributed by atoms with Crippen LogP contribution in [-0.2, 0) is 24.0 Å². The molecule has 2 rings (SSSR count). The first-order valence-electron chi connectivity index (χ1n) is 8.92. The maximum absolute atomic E-state index is 6.38. The molecule has 1 aromatic heterocycles. The van der Waals surface area contributed by atoms with Gasteiger partial charge in [0.15, 0.2) is 8.32 Å². The quantitative estimate of drug-likeness (QED) is 0.654. The summed E-state index contributed by atoms with van der Waals surface area (Å²) in [7, 11) is -0.0421. The highest BCUT2D eigenvalue weighted by Gasteiger charge is 2.37. The lowest BCUT2D eigenvalue weighted by Gasteiger charge is -2.36. The van der Waals surface area contributed by atoms with Gasteiger partial charge in [-0.25, -0.2) is 4.98 Å². The van der Waals surface area contributed by atoms with E-state index in [0.29, 0.717) is 6.61 Å². The van der Waals surface area contributed by atoms with E-state index in [1.807, 2.05) is 18.3 Å². The summed E-state index contributed by atoms with van der Waals surface area (Å²) in [5.74, 6) is 1.98. The summed E-state index contributed by atoms with van der Waals surface area (Å²) < 4.78 is 14.1. The van der Waals surface area contributed by atoms with Crippen molar-refractivity contribution in [3.8, 4) is 5.75 Å². The molecule has 0 bridgehead atoms. The molecule has 0 fully saturated rings. The van der Waals surface area contributed by atoms with Crippen molar-refractivity contribution < 1.29 is 9.16 Å². The van der Waals surface area contributed by atoms with Crippen molar-refractivity contribution in [2.75, 3.05) is 7.11 Å². The number of para-hydroxylation sites is 1. The van der Waals surface area contributed by atoms with E-state index in [9.17, 15) is 0 Å². The molecule has 0 unspecified atom stereocenters. The van der Waals surface area contributed by atoms with Crippen LogP contribution in [0.3, 0.4) is 0 Å². The van der Waals surface area contributed by atoms with Gasteiger partial charge in [-0.15, -0.1) is 0 Å². The normalized spacial score (nSPS) is 12.4. The molecular weight excluding hydrogens is 328 g/mol. The van der Waals surface area contributed by atoms with Gasteiger partial charge in [0.25, 0.3) is 0 Å². The first-order chi connectivity index (χ1) is 11.7. The molecule has 0 spiro atoms. The maximum atomic E-state index is 6.38. The third-order valence-electron chi connectivity index (χ3n) is 5.32. The van der Waals surface area contributed by atoms with Crippen molar-refractivity contribution in [3.63, 3.8) is 0 Å². The second-order valence-corrected chi connectivity index (χ2v) is 12.9. The minimum atomic E-state index is -1.76. The molecule has 0 amide bonds. The van der Waals surface area contributed by atoms with Gasteiger partial charge in [-0.2, -0.15) is 0 Å². The number of hydrogen-bond donors (Lipinski definition) is 0. The number of imidazole rings is 1.